The van der Waals surface area contributed by atoms with Crippen LogP contribution in [0.3, 0.4) is 0 Å². The lowest BCUT2D eigenvalue weighted by molar-refractivity contribution is -0.136. The zero-order valence-corrected chi connectivity index (χ0v) is 7.37. The SMILES string of the molecule is Cc1cc(N)c(CC(=O)O)c(N)c1. The molecule has 70 valence electrons. The molecule has 0 bridgehead atoms. The van der Waals surface area contributed by atoms with Gasteiger partial charge >= 0.3 is 5.97 Å². The Kier molecular flexibility index (Phi) is 2.41. The first-order chi connectivity index (χ1) is 6.00. The molecule has 0 atom stereocenters. The predicted octanol–water partition coefficient (Wildman–Crippen LogP) is 0.787. The van der Waals surface area contributed by atoms with Gasteiger partial charge < -0.3 is 16.6 Å². The van der Waals surface area contributed by atoms with Crippen LogP contribution < -0.4 is 11.5 Å². The van der Waals surface area contributed by atoms with E-state index in [9.17, 15) is 4.79 Å². The summed E-state index contributed by atoms with van der Waals surface area (Å²) in [6.07, 6.45) is -0.127. The summed E-state index contributed by atoms with van der Waals surface area (Å²) >= 11 is 0. The summed E-state index contributed by atoms with van der Waals surface area (Å²) in [4.78, 5) is 10.4. The van der Waals surface area contributed by atoms with Crippen molar-refractivity contribution in [2.24, 2.45) is 0 Å². The molecule has 4 heteroatoms. The molecule has 0 aromatic heterocycles. The van der Waals surface area contributed by atoms with Crippen molar-refractivity contribution in [3.8, 4) is 0 Å². The van der Waals surface area contributed by atoms with Gasteiger partial charge in [0.25, 0.3) is 0 Å². The van der Waals surface area contributed by atoms with Crippen molar-refractivity contribution in [3.05, 3.63) is 23.3 Å². The van der Waals surface area contributed by atoms with Crippen LogP contribution in [0.1, 0.15) is 11.1 Å². The molecule has 0 radical (unpaired) electrons. The van der Waals surface area contributed by atoms with Crippen molar-refractivity contribution in [1.82, 2.24) is 0 Å². The Morgan fingerprint density at radius 1 is 1.38 bits per heavy atom. The minimum atomic E-state index is -0.928. The summed E-state index contributed by atoms with van der Waals surface area (Å²) in [5.74, 6) is -0.928. The van der Waals surface area contributed by atoms with Crippen molar-refractivity contribution in [1.29, 1.82) is 0 Å². The highest BCUT2D eigenvalue weighted by Gasteiger charge is 2.08. The monoisotopic (exact) mass is 180 g/mol. The third-order valence-corrected chi connectivity index (χ3v) is 1.79. The van der Waals surface area contributed by atoms with Gasteiger partial charge in [-0.3, -0.25) is 4.79 Å². The van der Waals surface area contributed by atoms with Gasteiger partial charge in [-0.25, -0.2) is 0 Å². The van der Waals surface area contributed by atoms with Crippen molar-refractivity contribution in [3.63, 3.8) is 0 Å². The molecule has 1 aromatic carbocycles. The average Bonchev–Trinajstić information content (AvgIpc) is 1.96. The van der Waals surface area contributed by atoms with Gasteiger partial charge in [0.15, 0.2) is 0 Å². The molecule has 0 amide bonds. The van der Waals surface area contributed by atoms with E-state index in [2.05, 4.69) is 0 Å². The molecule has 0 fully saturated rings. The Morgan fingerprint density at radius 3 is 2.23 bits per heavy atom. The average molecular weight is 180 g/mol. The number of aryl methyl sites for hydroxylation is 1. The van der Waals surface area contributed by atoms with Crippen LogP contribution in [0.4, 0.5) is 11.4 Å². The Labute approximate surface area is 76.2 Å². The molecular formula is C9H12N2O2. The molecule has 0 heterocycles. The van der Waals surface area contributed by atoms with E-state index in [4.69, 9.17) is 16.6 Å². The van der Waals surface area contributed by atoms with E-state index < -0.39 is 5.97 Å². The van der Waals surface area contributed by atoms with Crippen LogP contribution in [0, 0.1) is 6.92 Å². The highest BCUT2D eigenvalue weighted by atomic mass is 16.4. The molecule has 4 nitrogen and oxygen atoms in total. The summed E-state index contributed by atoms with van der Waals surface area (Å²) in [7, 11) is 0. The Hall–Kier alpha value is -1.71. The van der Waals surface area contributed by atoms with E-state index in [-0.39, 0.29) is 6.42 Å². The van der Waals surface area contributed by atoms with E-state index >= 15 is 0 Å². The van der Waals surface area contributed by atoms with E-state index in [0.717, 1.165) is 5.56 Å². The molecule has 0 saturated heterocycles. The van der Waals surface area contributed by atoms with Crippen molar-refractivity contribution >= 4 is 17.3 Å². The first kappa shape index (κ1) is 9.38. The number of carboxylic acids is 1. The smallest absolute Gasteiger partial charge is 0.307 e. The molecule has 0 unspecified atom stereocenters. The minimum Gasteiger partial charge on any atom is -0.481 e. The lowest BCUT2D eigenvalue weighted by Crippen LogP contribution is -2.07. The van der Waals surface area contributed by atoms with Crippen LogP contribution in [0.2, 0.25) is 0 Å². The van der Waals surface area contributed by atoms with E-state index in [1.54, 1.807) is 12.1 Å². The lowest BCUT2D eigenvalue weighted by Gasteiger charge is -2.07. The van der Waals surface area contributed by atoms with Gasteiger partial charge in [-0.05, 0) is 24.6 Å². The van der Waals surface area contributed by atoms with Crippen molar-refractivity contribution in [2.75, 3.05) is 11.5 Å². The van der Waals surface area contributed by atoms with Crippen molar-refractivity contribution in [2.45, 2.75) is 13.3 Å². The third-order valence-electron chi connectivity index (χ3n) is 1.79. The number of nitrogens with two attached hydrogens (primary N) is 2. The number of benzene rings is 1. The molecule has 0 spiro atoms. The van der Waals surface area contributed by atoms with E-state index in [1.807, 2.05) is 6.92 Å². The largest absolute Gasteiger partial charge is 0.481 e. The molecule has 1 rings (SSSR count). The fourth-order valence-corrected chi connectivity index (χ4v) is 1.23. The normalized spacial score (nSPS) is 9.92. The number of anilines is 2. The molecular weight excluding hydrogens is 168 g/mol. The van der Waals surface area contributed by atoms with E-state index in [1.165, 1.54) is 0 Å². The number of aliphatic carboxylic acids is 1. The molecule has 5 N–H and O–H groups in total. The highest BCUT2D eigenvalue weighted by Crippen LogP contribution is 2.22. The molecule has 0 aliphatic heterocycles. The van der Waals surface area contributed by atoms with Gasteiger partial charge in [0.2, 0.25) is 0 Å². The molecule has 13 heavy (non-hydrogen) atoms. The lowest BCUT2D eigenvalue weighted by atomic mass is 10.0. The van der Waals surface area contributed by atoms with Crippen LogP contribution in [-0.4, -0.2) is 11.1 Å². The van der Waals surface area contributed by atoms with E-state index in [0.29, 0.717) is 16.9 Å². The van der Waals surface area contributed by atoms with Gasteiger partial charge in [0.05, 0.1) is 6.42 Å². The number of carbonyl (C=O) groups is 1. The summed E-state index contributed by atoms with van der Waals surface area (Å²) in [6.45, 7) is 1.86. The summed E-state index contributed by atoms with van der Waals surface area (Å²) < 4.78 is 0. The number of carboxylic acid groups (broad SMARTS) is 1. The maximum atomic E-state index is 10.4. The van der Waals surface area contributed by atoms with Crippen LogP contribution in [-0.2, 0) is 11.2 Å². The minimum absolute atomic E-state index is 0.127. The fourth-order valence-electron chi connectivity index (χ4n) is 1.23. The first-order valence-corrected chi connectivity index (χ1v) is 3.87. The molecule has 0 aliphatic carbocycles. The first-order valence-electron chi connectivity index (χ1n) is 3.87. The van der Waals surface area contributed by atoms with Crippen LogP contribution >= 0.6 is 0 Å². The van der Waals surface area contributed by atoms with Gasteiger partial charge in [0.1, 0.15) is 0 Å². The topological polar surface area (TPSA) is 89.3 Å². The number of rotatable bonds is 2. The fraction of sp³-hybridized carbons (Fsp3) is 0.222. The summed E-state index contributed by atoms with van der Waals surface area (Å²) in [5.41, 5.74) is 13.6. The quantitative estimate of drug-likeness (QED) is 0.587. The van der Waals surface area contributed by atoms with Crippen LogP contribution in [0.15, 0.2) is 12.1 Å². The van der Waals surface area contributed by atoms with Gasteiger partial charge in [-0.1, -0.05) is 0 Å². The highest BCUT2D eigenvalue weighted by molar-refractivity contribution is 5.77. The second kappa shape index (κ2) is 3.35. The van der Waals surface area contributed by atoms with Crippen LogP contribution in [0.25, 0.3) is 0 Å². The second-order valence-electron chi connectivity index (χ2n) is 2.99. The number of hydrogen-bond donors (Lipinski definition) is 3. The molecule has 0 saturated carbocycles. The maximum absolute atomic E-state index is 10.4. The predicted molar refractivity (Wildman–Crippen MR) is 51.3 cm³/mol. The zero-order chi connectivity index (χ0) is 10.0. The number of nitrogen functional groups attached to an aromatic ring is 2. The van der Waals surface area contributed by atoms with Gasteiger partial charge in [0, 0.05) is 16.9 Å². The summed E-state index contributed by atoms with van der Waals surface area (Å²) in [5, 5.41) is 8.57. The molecule has 0 aliphatic rings. The number of hydrogen-bond acceptors (Lipinski definition) is 3. The third kappa shape index (κ3) is 2.11. The Bertz CT molecular complexity index is 324. The standard InChI is InChI=1S/C9H12N2O2/c1-5-2-7(10)6(4-9(12)13)8(11)3-5/h2-3H,4,10-11H2,1H3,(H,12,13). The Morgan fingerprint density at radius 2 is 1.85 bits per heavy atom. The maximum Gasteiger partial charge on any atom is 0.307 e. The zero-order valence-electron chi connectivity index (χ0n) is 7.37. The second-order valence-corrected chi connectivity index (χ2v) is 2.99. The van der Waals surface area contributed by atoms with Crippen molar-refractivity contribution < 1.29 is 9.90 Å². The summed E-state index contributed by atoms with van der Waals surface area (Å²) in [6, 6.07) is 3.43. The van der Waals surface area contributed by atoms with Gasteiger partial charge in [-0.2, -0.15) is 0 Å². The van der Waals surface area contributed by atoms with Crippen LogP contribution in [0.5, 0.6) is 0 Å². The Balaban J connectivity index is 3.13. The molecule has 1 aromatic rings. The van der Waals surface area contributed by atoms with Gasteiger partial charge in [-0.15, -0.1) is 0 Å².